The van der Waals surface area contributed by atoms with Crippen LogP contribution in [-0.4, -0.2) is 9.97 Å². The average Bonchev–Trinajstić information content (AvgIpc) is 2.44. The standard InChI is InChI=1S/C9H10F3N3/c1-4-14-6-3-2-5(13)7(6)8(15-4)9(10,11)12/h5H,2-3,13H2,1H3. The van der Waals surface area contributed by atoms with E-state index in [2.05, 4.69) is 9.97 Å². The maximum absolute atomic E-state index is 12.7. The Morgan fingerprint density at radius 1 is 1.33 bits per heavy atom. The summed E-state index contributed by atoms with van der Waals surface area (Å²) in [4.78, 5) is 7.44. The van der Waals surface area contributed by atoms with Crippen LogP contribution in [0.25, 0.3) is 0 Å². The van der Waals surface area contributed by atoms with Crippen molar-refractivity contribution in [2.24, 2.45) is 5.73 Å². The Kier molecular flexibility index (Phi) is 2.18. The molecule has 3 nitrogen and oxygen atoms in total. The van der Waals surface area contributed by atoms with Gasteiger partial charge in [-0.25, -0.2) is 9.97 Å². The summed E-state index contributed by atoms with van der Waals surface area (Å²) in [5.41, 5.74) is 5.27. The number of fused-ring (bicyclic) bond motifs is 1. The second kappa shape index (κ2) is 3.16. The third-order valence-corrected chi connectivity index (χ3v) is 2.47. The fourth-order valence-corrected chi connectivity index (χ4v) is 1.87. The van der Waals surface area contributed by atoms with Gasteiger partial charge >= 0.3 is 6.18 Å². The van der Waals surface area contributed by atoms with E-state index in [0.29, 0.717) is 18.5 Å². The van der Waals surface area contributed by atoms with Gasteiger partial charge in [0.05, 0.1) is 0 Å². The Balaban J connectivity index is 2.64. The summed E-state index contributed by atoms with van der Waals surface area (Å²) in [5, 5.41) is 0. The quantitative estimate of drug-likeness (QED) is 0.720. The van der Waals surface area contributed by atoms with Crippen LogP contribution < -0.4 is 5.73 Å². The van der Waals surface area contributed by atoms with Crippen molar-refractivity contribution in [1.82, 2.24) is 9.97 Å². The van der Waals surface area contributed by atoms with Crippen LogP contribution in [0.4, 0.5) is 13.2 Å². The Morgan fingerprint density at radius 2 is 2.00 bits per heavy atom. The fourth-order valence-electron chi connectivity index (χ4n) is 1.87. The zero-order valence-electron chi connectivity index (χ0n) is 8.10. The summed E-state index contributed by atoms with van der Waals surface area (Å²) in [6, 6.07) is -0.586. The van der Waals surface area contributed by atoms with Gasteiger partial charge in [-0.2, -0.15) is 13.2 Å². The van der Waals surface area contributed by atoms with Crippen molar-refractivity contribution in [3.05, 3.63) is 22.8 Å². The molecule has 1 heterocycles. The average molecular weight is 217 g/mol. The molecule has 0 fully saturated rings. The first-order valence-electron chi connectivity index (χ1n) is 4.60. The Labute approximate surface area is 84.5 Å². The third kappa shape index (κ3) is 1.69. The maximum atomic E-state index is 12.7. The molecule has 0 aliphatic heterocycles. The van der Waals surface area contributed by atoms with Crippen molar-refractivity contribution in [2.45, 2.75) is 32.0 Å². The van der Waals surface area contributed by atoms with E-state index in [4.69, 9.17) is 5.73 Å². The molecule has 0 aromatic carbocycles. The van der Waals surface area contributed by atoms with Gasteiger partial charge in [0.2, 0.25) is 0 Å². The van der Waals surface area contributed by atoms with Crippen LogP contribution in [0.3, 0.4) is 0 Å². The first kappa shape index (κ1) is 10.4. The molecule has 1 aromatic heterocycles. The van der Waals surface area contributed by atoms with E-state index in [1.165, 1.54) is 6.92 Å². The molecule has 0 spiro atoms. The van der Waals surface area contributed by atoms with Gasteiger partial charge in [-0.1, -0.05) is 0 Å². The number of aromatic nitrogens is 2. The number of hydrogen-bond acceptors (Lipinski definition) is 3. The molecule has 0 bridgehead atoms. The van der Waals surface area contributed by atoms with E-state index in [0.717, 1.165) is 0 Å². The van der Waals surface area contributed by atoms with Gasteiger partial charge in [-0.3, -0.25) is 0 Å². The first-order valence-corrected chi connectivity index (χ1v) is 4.60. The van der Waals surface area contributed by atoms with Gasteiger partial charge in [0.25, 0.3) is 0 Å². The number of aryl methyl sites for hydroxylation is 2. The summed E-state index contributed by atoms with van der Waals surface area (Å²) in [5.74, 6) is 0.148. The molecule has 1 aliphatic carbocycles. The maximum Gasteiger partial charge on any atom is 0.433 e. The molecule has 2 rings (SSSR count). The predicted molar refractivity (Wildman–Crippen MR) is 47.0 cm³/mol. The molecular weight excluding hydrogens is 207 g/mol. The minimum atomic E-state index is -4.44. The van der Waals surface area contributed by atoms with Crippen molar-refractivity contribution in [1.29, 1.82) is 0 Å². The van der Waals surface area contributed by atoms with E-state index >= 15 is 0 Å². The van der Waals surface area contributed by atoms with E-state index in [9.17, 15) is 13.2 Å². The minimum absolute atomic E-state index is 0.0769. The van der Waals surface area contributed by atoms with Crippen molar-refractivity contribution >= 4 is 0 Å². The third-order valence-electron chi connectivity index (χ3n) is 2.47. The number of hydrogen-bond donors (Lipinski definition) is 1. The van der Waals surface area contributed by atoms with Crippen molar-refractivity contribution in [3.63, 3.8) is 0 Å². The first-order chi connectivity index (χ1) is 6.89. The summed E-state index contributed by atoms with van der Waals surface area (Å²) < 4.78 is 38.0. The zero-order chi connectivity index (χ0) is 11.2. The minimum Gasteiger partial charge on any atom is -0.324 e. The molecule has 15 heavy (non-hydrogen) atoms. The normalized spacial score (nSPS) is 20.5. The fraction of sp³-hybridized carbons (Fsp3) is 0.556. The Hall–Kier alpha value is -1.17. The molecule has 2 N–H and O–H groups in total. The van der Waals surface area contributed by atoms with Crippen LogP contribution in [-0.2, 0) is 12.6 Å². The van der Waals surface area contributed by atoms with Gasteiger partial charge in [0.1, 0.15) is 5.82 Å². The van der Waals surface area contributed by atoms with Crippen molar-refractivity contribution in [2.75, 3.05) is 0 Å². The number of nitrogens with zero attached hydrogens (tertiary/aromatic N) is 2. The highest BCUT2D eigenvalue weighted by Crippen LogP contribution is 2.38. The Morgan fingerprint density at radius 3 is 2.60 bits per heavy atom. The number of nitrogens with two attached hydrogens (primary N) is 1. The highest BCUT2D eigenvalue weighted by Gasteiger charge is 2.40. The molecule has 1 unspecified atom stereocenters. The molecule has 1 aliphatic rings. The smallest absolute Gasteiger partial charge is 0.324 e. The van der Waals surface area contributed by atoms with E-state index in [-0.39, 0.29) is 11.4 Å². The molecular formula is C9H10F3N3. The summed E-state index contributed by atoms with van der Waals surface area (Å²) in [6.45, 7) is 1.46. The molecule has 82 valence electrons. The van der Waals surface area contributed by atoms with Crippen LogP contribution in [0, 0.1) is 6.92 Å². The highest BCUT2D eigenvalue weighted by atomic mass is 19.4. The summed E-state index contributed by atoms with van der Waals surface area (Å²) >= 11 is 0. The molecule has 0 amide bonds. The van der Waals surface area contributed by atoms with Crippen LogP contribution in [0.15, 0.2) is 0 Å². The lowest BCUT2D eigenvalue weighted by Crippen LogP contribution is -2.18. The van der Waals surface area contributed by atoms with E-state index in [1.807, 2.05) is 0 Å². The molecule has 0 radical (unpaired) electrons. The van der Waals surface area contributed by atoms with Crippen LogP contribution in [0.5, 0.6) is 0 Å². The van der Waals surface area contributed by atoms with Gasteiger partial charge in [0, 0.05) is 17.3 Å². The molecule has 1 atom stereocenters. The van der Waals surface area contributed by atoms with Gasteiger partial charge in [-0.05, 0) is 19.8 Å². The van der Waals surface area contributed by atoms with E-state index in [1.54, 1.807) is 0 Å². The van der Waals surface area contributed by atoms with Crippen LogP contribution in [0.2, 0.25) is 0 Å². The van der Waals surface area contributed by atoms with E-state index < -0.39 is 17.9 Å². The topological polar surface area (TPSA) is 51.8 Å². The number of rotatable bonds is 0. The van der Waals surface area contributed by atoms with Gasteiger partial charge in [0.15, 0.2) is 5.69 Å². The lowest BCUT2D eigenvalue weighted by Gasteiger charge is -2.13. The molecule has 0 saturated carbocycles. The second-order valence-corrected chi connectivity index (χ2v) is 3.62. The monoisotopic (exact) mass is 217 g/mol. The van der Waals surface area contributed by atoms with Crippen molar-refractivity contribution < 1.29 is 13.2 Å². The molecule has 6 heteroatoms. The lowest BCUT2D eigenvalue weighted by atomic mass is 10.1. The molecule has 0 saturated heterocycles. The Bertz CT molecular complexity index is 400. The second-order valence-electron chi connectivity index (χ2n) is 3.62. The lowest BCUT2D eigenvalue weighted by molar-refractivity contribution is -0.142. The highest BCUT2D eigenvalue weighted by molar-refractivity contribution is 5.35. The van der Waals surface area contributed by atoms with Gasteiger partial charge < -0.3 is 5.73 Å². The van der Waals surface area contributed by atoms with Crippen LogP contribution >= 0.6 is 0 Å². The predicted octanol–water partition coefficient (Wildman–Crippen LogP) is 1.75. The van der Waals surface area contributed by atoms with Crippen LogP contribution in [0.1, 0.15) is 35.2 Å². The number of alkyl halides is 3. The van der Waals surface area contributed by atoms with Crippen molar-refractivity contribution in [3.8, 4) is 0 Å². The van der Waals surface area contributed by atoms with Gasteiger partial charge in [-0.15, -0.1) is 0 Å². The molecule has 1 aromatic rings. The zero-order valence-corrected chi connectivity index (χ0v) is 8.10. The summed E-state index contributed by atoms with van der Waals surface area (Å²) in [6.07, 6.45) is -3.43. The SMILES string of the molecule is Cc1nc2c(c(C(F)(F)F)n1)C(N)CC2. The largest absolute Gasteiger partial charge is 0.433 e. The number of halogens is 3. The summed E-state index contributed by atoms with van der Waals surface area (Å²) in [7, 11) is 0.